The number of hydrogen-bond donors (Lipinski definition) is 4. The molecule has 5 rings (SSSR count). The first-order valence-corrected chi connectivity index (χ1v) is 16.7. The van der Waals surface area contributed by atoms with Gasteiger partial charge in [0.1, 0.15) is 5.78 Å². The highest BCUT2D eigenvalue weighted by molar-refractivity contribution is 5.98. The van der Waals surface area contributed by atoms with E-state index in [2.05, 4.69) is 34.4 Å². The number of carbonyl (C=O) groups excluding carboxylic acids is 2. The number of fused-ring (bicyclic) bond motifs is 1. The summed E-state index contributed by atoms with van der Waals surface area (Å²) in [7, 11) is 1.45. The van der Waals surface area contributed by atoms with E-state index in [1.807, 2.05) is 35.6 Å². The number of aliphatic hydroxyl groups is 1. The van der Waals surface area contributed by atoms with Crippen LogP contribution in [0.3, 0.4) is 0 Å². The average Bonchev–Trinajstić information content (AvgIpc) is 3.78. The van der Waals surface area contributed by atoms with Gasteiger partial charge >= 0.3 is 0 Å². The van der Waals surface area contributed by atoms with Crippen LogP contribution in [0, 0.1) is 19.7 Å². The number of nitrogens with zero attached hydrogens (tertiary/aromatic N) is 3. The van der Waals surface area contributed by atoms with Gasteiger partial charge in [0.15, 0.2) is 28.8 Å². The molecule has 4 aromatic rings. The summed E-state index contributed by atoms with van der Waals surface area (Å²) >= 11 is 0. The number of ether oxygens (including phenoxy) is 1. The third-order valence-corrected chi connectivity index (χ3v) is 7.66. The molecular weight excluding hydrogens is 611 g/mol. The number of aliphatic hydroxyl groups excluding tert-OH is 1. The highest BCUT2D eigenvalue weighted by Gasteiger charge is 2.18. The molecule has 10 nitrogen and oxygen atoms in total. The van der Waals surface area contributed by atoms with Crippen molar-refractivity contribution in [1.82, 2.24) is 19.7 Å². The van der Waals surface area contributed by atoms with E-state index in [9.17, 15) is 14.0 Å². The van der Waals surface area contributed by atoms with Crippen LogP contribution in [0.2, 0.25) is 0 Å². The van der Waals surface area contributed by atoms with E-state index in [0.717, 1.165) is 73.3 Å². The minimum absolute atomic E-state index is 0.168. The Kier molecular flexibility index (Phi) is 17.4. The fourth-order valence-electron chi connectivity index (χ4n) is 5.00. The van der Waals surface area contributed by atoms with E-state index < -0.39 is 0 Å². The van der Waals surface area contributed by atoms with Crippen LogP contribution >= 0.6 is 0 Å². The van der Waals surface area contributed by atoms with Crippen molar-refractivity contribution in [3.05, 3.63) is 71.4 Å². The van der Waals surface area contributed by atoms with E-state index in [1.165, 1.54) is 7.11 Å². The van der Waals surface area contributed by atoms with Gasteiger partial charge in [0.2, 0.25) is 0 Å². The Balaban J connectivity index is 0.000000443. The van der Waals surface area contributed by atoms with Crippen molar-refractivity contribution >= 4 is 28.7 Å². The SMILES string of the molecule is CC(=O)C1CCCN1.CCCCC(=O)c1ccc(Nc2nccn3c(-c4ccc(OC)c(F)c4C)cnc23)cc1C.CCCN.CCO. The summed E-state index contributed by atoms with van der Waals surface area (Å²) in [4.78, 5) is 32.0. The average molecular weight is 665 g/mol. The fourth-order valence-corrected chi connectivity index (χ4v) is 5.00. The lowest BCUT2D eigenvalue weighted by Crippen LogP contribution is -2.28. The zero-order chi connectivity index (χ0) is 35.6. The molecule has 262 valence electrons. The van der Waals surface area contributed by atoms with Crippen molar-refractivity contribution in [2.24, 2.45) is 5.73 Å². The van der Waals surface area contributed by atoms with E-state index in [4.69, 9.17) is 15.6 Å². The minimum atomic E-state index is -0.388. The van der Waals surface area contributed by atoms with Gasteiger partial charge in [-0.3, -0.25) is 14.0 Å². The molecule has 3 heterocycles. The second kappa shape index (κ2) is 20.9. The molecule has 1 saturated heterocycles. The lowest BCUT2D eigenvalue weighted by atomic mass is 10.0. The summed E-state index contributed by atoms with van der Waals surface area (Å²) in [6.45, 7) is 13.2. The number of benzene rings is 2. The normalized spacial score (nSPS) is 13.3. The van der Waals surface area contributed by atoms with Gasteiger partial charge in [-0.05, 0) is 108 Å². The van der Waals surface area contributed by atoms with Gasteiger partial charge < -0.3 is 26.2 Å². The number of nitrogens with two attached hydrogens (primary N) is 1. The number of unbranched alkanes of at least 4 members (excludes halogenated alkanes) is 1. The summed E-state index contributed by atoms with van der Waals surface area (Å²) in [5.41, 5.74) is 10.1. The number of rotatable bonds is 10. The summed E-state index contributed by atoms with van der Waals surface area (Å²) in [5.74, 6) is 0.839. The predicted octanol–water partition coefficient (Wildman–Crippen LogP) is 6.96. The largest absolute Gasteiger partial charge is 0.494 e. The summed E-state index contributed by atoms with van der Waals surface area (Å²) < 4.78 is 21.6. The first-order chi connectivity index (χ1) is 23.1. The Hall–Kier alpha value is -4.19. The fraction of sp³-hybridized carbons (Fsp3) is 0.459. The van der Waals surface area contributed by atoms with Crippen LogP contribution in [-0.2, 0) is 4.79 Å². The van der Waals surface area contributed by atoms with Crippen LogP contribution in [0.4, 0.5) is 15.9 Å². The maximum atomic E-state index is 14.6. The Morgan fingerprint density at radius 1 is 1.15 bits per heavy atom. The molecule has 5 N–H and O–H groups in total. The van der Waals surface area contributed by atoms with Crippen molar-refractivity contribution in [3.8, 4) is 17.0 Å². The standard InChI is InChI=1S/C26H27FN4O2.C6H11NO.C3H9N.C2H6O/c1-5-6-7-22(32)19-9-8-18(14-16(19)2)30-25-26-29-15-21(31(26)13-12-28-25)20-10-11-23(33-4)24(27)17(20)3;1-5(8)6-3-2-4-7-6;1-2-3-4;1-2-3/h8-15H,5-7H2,1-4H3,(H,28,30);6-7H,2-4H2,1H3;2-4H2,1H3;3H,2H2,1H3. The van der Waals surface area contributed by atoms with Crippen LogP contribution in [0.5, 0.6) is 5.75 Å². The molecule has 1 fully saturated rings. The van der Waals surface area contributed by atoms with Crippen LogP contribution < -0.4 is 21.1 Å². The second-order valence-corrected chi connectivity index (χ2v) is 11.4. The Labute approximate surface area is 284 Å². The van der Waals surface area contributed by atoms with Crippen LogP contribution in [0.1, 0.15) is 87.7 Å². The summed E-state index contributed by atoms with van der Waals surface area (Å²) in [6, 6.07) is 9.29. The third kappa shape index (κ3) is 11.2. The molecular formula is C37H53FN6O4. The molecule has 1 aliphatic rings. The first-order valence-electron chi connectivity index (χ1n) is 16.7. The van der Waals surface area contributed by atoms with E-state index in [1.54, 1.807) is 45.4 Å². The van der Waals surface area contributed by atoms with Crippen LogP contribution in [0.15, 0.2) is 48.9 Å². The quantitative estimate of drug-likeness (QED) is 0.132. The topological polar surface area (TPSA) is 144 Å². The molecule has 1 aliphatic heterocycles. The van der Waals surface area contributed by atoms with Gasteiger partial charge in [-0.1, -0.05) is 20.3 Å². The number of anilines is 2. The predicted molar refractivity (Wildman–Crippen MR) is 192 cm³/mol. The number of Topliss-reactive ketones (excluding diaryl/α,β-unsaturated/α-hetero) is 2. The zero-order valence-electron chi connectivity index (χ0n) is 29.5. The van der Waals surface area contributed by atoms with Gasteiger partial charge in [-0.25, -0.2) is 14.4 Å². The molecule has 48 heavy (non-hydrogen) atoms. The van der Waals surface area contributed by atoms with Gasteiger partial charge in [-0.15, -0.1) is 0 Å². The van der Waals surface area contributed by atoms with Crippen LogP contribution in [0.25, 0.3) is 16.9 Å². The monoisotopic (exact) mass is 664 g/mol. The maximum Gasteiger partial charge on any atom is 0.180 e. The smallest absolute Gasteiger partial charge is 0.180 e. The number of methoxy groups -OCH3 is 1. The first kappa shape index (κ1) is 40.0. The van der Waals surface area contributed by atoms with Gasteiger partial charge in [-0.2, -0.15) is 0 Å². The van der Waals surface area contributed by atoms with E-state index in [-0.39, 0.29) is 35.8 Å². The summed E-state index contributed by atoms with van der Waals surface area (Å²) in [5, 5.41) is 14.0. The van der Waals surface area contributed by atoms with Crippen LogP contribution in [-0.4, -0.2) is 63.9 Å². The molecule has 0 saturated carbocycles. The van der Waals surface area contributed by atoms with Crippen molar-refractivity contribution in [2.75, 3.05) is 32.1 Å². The number of aryl methyl sites for hydroxylation is 1. The molecule has 11 heteroatoms. The van der Waals surface area contributed by atoms with Crippen molar-refractivity contribution < 1.29 is 23.8 Å². The van der Waals surface area contributed by atoms with Gasteiger partial charge in [0.25, 0.3) is 0 Å². The number of carbonyl (C=O) groups is 2. The second-order valence-electron chi connectivity index (χ2n) is 11.4. The van der Waals surface area contributed by atoms with Crippen molar-refractivity contribution in [1.29, 1.82) is 0 Å². The molecule has 0 radical (unpaired) electrons. The molecule has 0 amide bonds. The number of aromatic nitrogens is 3. The molecule has 1 unspecified atom stereocenters. The number of halogens is 1. The highest BCUT2D eigenvalue weighted by atomic mass is 19.1. The number of nitrogens with one attached hydrogen (secondary N) is 2. The zero-order valence-corrected chi connectivity index (χ0v) is 29.5. The lowest BCUT2D eigenvalue weighted by molar-refractivity contribution is -0.118. The number of imidazole rings is 1. The van der Waals surface area contributed by atoms with E-state index >= 15 is 0 Å². The van der Waals surface area contributed by atoms with Gasteiger partial charge in [0.05, 0.1) is 25.0 Å². The molecule has 0 bridgehead atoms. The van der Waals surface area contributed by atoms with Crippen molar-refractivity contribution in [2.45, 2.75) is 86.1 Å². The molecule has 0 spiro atoms. The third-order valence-electron chi connectivity index (χ3n) is 7.66. The Morgan fingerprint density at radius 2 is 1.85 bits per heavy atom. The maximum absolute atomic E-state index is 14.6. The Morgan fingerprint density at radius 3 is 2.40 bits per heavy atom. The number of ketones is 2. The number of hydrogen-bond acceptors (Lipinski definition) is 9. The molecule has 2 aromatic heterocycles. The van der Waals surface area contributed by atoms with E-state index in [0.29, 0.717) is 23.4 Å². The highest BCUT2D eigenvalue weighted by Crippen LogP contribution is 2.32. The molecule has 2 aromatic carbocycles. The Bertz CT molecular complexity index is 1600. The van der Waals surface area contributed by atoms with Crippen molar-refractivity contribution in [3.63, 3.8) is 0 Å². The molecule has 0 aliphatic carbocycles. The molecule has 1 atom stereocenters. The minimum Gasteiger partial charge on any atom is -0.494 e. The summed E-state index contributed by atoms with van der Waals surface area (Å²) in [6.07, 6.45) is 10.9. The lowest BCUT2D eigenvalue weighted by Gasteiger charge is -2.12. The van der Waals surface area contributed by atoms with Gasteiger partial charge in [0, 0.05) is 42.2 Å².